The molecule has 1 aliphatic rings. The van der Waals surface area contributed by atoms with Gasteiger partial charge in [-0.3, -0.25) is 4.90 Å². The van der Waals surface area contributed by atoms with Crippen LogP contribution in [0.5, 0.6) is 0 Å². The van der Waals surface area contributed by atoms with Crippen LogP contribution in [0.2, 0.25) is 0 Å². The van der Waals surface area contributed by atoms with Crippen LogP contribution in [-0.2, 0) is 11.3 Å². The number of rotatable bonds is 2. The van der Waals surface area contributed by atoms with Gasteiger partial charge >= 0.3 is 0 Å². The molecule has 0 unspecified atom stereocenters. The SMILES string of the molecule is Cl[C@H]1CN(Cc2ccccc2)CCO1. The second-order valence-corrected chi connectivity index (χ2v) is 3.99. The topological polar surface area (TPSA) is 12.5 Å². The third-order valence-electron chi connectivity index (χ3n) is 2.36. The maximum absolute atomic E-state index is 5.91. The molecule has 3 heteroatoms. The molecule has 1 fully saturated rings. The van der Waals surface area contributed by atoms with E-state index in [1.807, 2.05) is 6.07 Å². The van der Waals surface area contributed by atoms with Gasteiger partial charge in [0, 0.05) is 19.6 Å². The number of halogens is 1. The first kappa shape index (κ1) is 9.97. The number of ether oxygens (including phenoxy) is 1. The largest absolute Gasteiger partial charge is 0.360 e. The molecular weight excluding hydrogens is 198 g/mol. The van der Waals surface area contributed by atoms with Crippen molar-refractivity contribution >= 4 is 11.6 Å². The Morgan fingerprint density at radius 1 is 1.36 bits per heavy atom. The summed E-state index contributed by atoms with van der Waals surface area (Å²) in [5.74, 6) is 0. The molecule has 0 radical (unpaired) electrons. The van der Waals surface area contributed by atoms with Gasteiger partial charge < -0.3 is 4.74 Å². The highest BCUT2D eigenvalue weighted by atomic mass is 35.5. The second-order valence-electron chi connectivity index (χ2n) is 3.50. The van der Waals surface area contributed by atoms with E-state index in [1.165, 1.54) is 5.56 Å². The lowest BCUT2D eigenvalue weighted by Crippen LogP contribution is -2.39. The van der Waals surface area contributed by atoms with Crippen LogP contribution in [0, 0.1) is 0 Å². The van der Waals surface area contributed by atoms with E-state index in [4.69, 9.17) is 16.3 Å². The van der Waals surface area contributed by atoms with Gasteiger partial charge in [-0.05, 0) is 5.56 Å². The van der Waals surface area contributed by atoms with Gasteiger partial charge in [-0.15, -0.1) is 0 Å². The molecule has 1 saturated heterocycles. The fourth-order valence-corrected chi connectivity index (χ4v) is 1.93. The number of hydrogen-bond donors (Lipinski definition) is 0. The van der Waals surface area contributed by atoms with Gasteiger partial charge in [0.2, 0.25) is 0 Å². The smallest absolute Gasteiger partial charge is 0.143 e. The standard InChI is InChI=1S/C11H14ClNO/c12-11-9-13(6-7-14-11)8-10-4-2-1-3-5-10/h1-5,11H,6-9H2/t11-/m1/s1. The predicted octanol–water partition coefficient (Wildman–Crippen LogP) is 2.08. The Morgan fingerprint density at radius 2 is 2.14 bits per heavy atom. The van der Waals surface area contributed by atoms with Gasteiger partial charge in [0.25, 0.3) is 0 Å². The number of benzene rings is 1. The van der Waals surface area contributed by atoms with Crippen molar-refractivity contribution in [2.24, 2.45) is 0 Å². The van der Waals surface area contributed by atoms with Crippen molar-refractivity contribution < 1.29 is 4.74 Å². The van der Waals surface area contributed by atoms with Gasteiger partial charge in [0.05, 0.1) is 6.61 Å². The zero-order valence-corrected chi connectivity index (χ0v) is 8.78. The fraction of sp³-hybridized carbons (Fsp3) is 0.455. The summed E-state index contributed by atoms with van der Waals surface area (Å²) in [4.78, 5) is 2.32. The Hall–Kier alpha value is -0.570. The summed E-state index contributed by atoms with van der Waals surface area (Å²) in [6.45, 7) is 3.49. The lowest BCUT2D eigenvalue weighted by atomic mass is 10.2. The van der Waals surface area contributed by atoms with Crippen LogP contribution < -0.4 is 0 Å². The van der Waals surface area contributed by atoms with Crippen LogP contribution in [0.3, 0.4) is 0 Å². The van der Waals surface area contributed by atoms with Gasteiger partial charge in [-0.2, -0.15) is 0 Å². The molecule has 0 aliphatic carbocycles. The summed E-state index contributed by atoms with van der Waals surface area (Å²) in [5, 5.41) is 0. The summed E-state index contributed by atoms with van der Waals surface area (Å²) in [7, 11) is 0. The van der Waals surface area contributed by atoms with Crippen molar-refractivity contribution in [1.29, 1.82) is 0 Å². The zero-order valence-electron chi connectivity index (χ0n) is 8.03. The van der Waals surface area contributed by atoms with E-state index in [2.05, 4.69) is 29.2 Å². The molecule has 1 aromatic rings. The predicted molar refractivity (Wildman–Crippen MR) is 57.3 cm³/mol. The van der Waals surface area contributed by atoms with E-state index in [-0.39, 0.29) is 5.56 Å². The van der Waals surface area contributed by atoms with Crippen LogP contribution >= 0.6 is 11.6 Å². The van der Waals surface area contributed by atoms with Gasteiger partial charge in [0.15, 0.2) is 0 Å². The Labute approximate surface area is 89.4 Å². The molecule has 1 heterocycles. The third-order valence-corrected chi connectivity index (χ3v) is 2.62. The number of hydrogen-bond acceptors (Lipinski definition) is 2. The highest BCUT2D eigenvalue weighted by molar-refractivity contribution is 6.19. The van der Waals surface area contributed by atoms with Gasteiger partial charge in [0.1, 0.15) is 5.56 Å². The average Bonchev–Trinajstić information content (AvgIpc) is 2.19. The second kappa shape index (κ2) is 4.78. The molecule has 0 amide bonds. The van der Waals surface area contributed by atoms with Crippen LogP contribution in [0.15, 0.2) is 30.3 Å². The van der Waals surface area contributed by atoms with Gasteiger partial charge in [-0.1, -0.05) is 41.9 Å². The molecule has 0 bridgehead atoms. The highest BCUT2D eigenvalue weighted by Crippen LogP contribution is 2.12. The molecule has 1 atom stereocenters. The molecule has 2 rings (SSSR count). The van der Waals surface area contributed by atoms with Crippen molar-refractivity contribution in [3.8, 4) is 0 Å². The molecule has 0 N–H and O–H groups in total. The third kappa shape index (κ3) is 2.71. The number of morpholine rings is 1. The molecular formula is C11H14ClNO. The molecule has 76 valence electrons. The van der Waals surface area contributed by atoms with Crippen LogP contribution in [0.4, 0.5) is 0 Å². The molecule has 14 heavy (non-hydrogen) atoms. The first-order chi connectivity index (χ1) is 6.84. The summed E-state index contributed by atoms with van der Waals surface area (Å²) in [6, 6.07) is 10.4. The summed E-state index contributed by atoms with van der Waals surface area (Å²) in [5.41, 5.74) is 1.19. The van der Waals surface area contributed by atoms with E-state index in [1.54, 1.807) is 0 Å². The lowest BCUT2D eigenvalue weighted by molar-refractivity contribution is 0.0107. The van der Waals surface area contributed by atoms with E-state index in [0.717, 1.165) is 26.2 Å². The van der Waals surface area contributed by atoms with Crippen molar-refractivity contribution in [1.82, 2.24) is 4.90 Å². The maximum Gasteiger partial charge on any atom is 0.143 e. The van der Waals surface area contributed by atoms with Crippen LogP contribution in [-0.4, -0.2) is 30.2 Å². The van der Waals surface area contributed by atoms with Crippen molar-refractivity contribution in [2.75, 3.05) is 19.7 Å². The number of alkyl halides is 1. The number of nitrogens with zero attached hydrogens (tertiary/aromatic N) is 1. The van der Waals surface area contributed by atoms with Crippen molar-refractivity contribution in [3.05, 3.63) is 35.9 Å². The summed E-state index contributed by atoms with van der Waals surface area (Å²) >= 11 is 5.91. The molecule has 0 aromatic heterocycles. The zero-order chi connectivity index (χ0) is 9.80. The van der Waals surface area contributed by atoms with Crippen LogP contribution in [0.25, 0.3) is 0 Å². The first-order valence-electron chi connectivity index (χ1n) is 4.86. The Balaban J connectivity index is 1.91. The minimum Gasteiger partial charge on any atom is -0.360 e. The normalized spacial score (nSPS) is 23.6. The maximum atomic E-state index is 5.91. The Bertz CT molecular complexity index is 278. The van der Waals surface area contributed by atoms with E-state index >= 15 is 0 Å². The molecule has 1 aliphatic heterocycles. The highest BCUT2D eigenvalue weighted by Gasteiger charge is 2.17. The Kier molecular flexibility index (Phi) is 3.40. The first-order valence-corrected chi connectivity index (χ1v) is 5.30. The minimum absolute atomic E-state index is 0.146. The quantitative estimate of drug-likeness (QED) is 0.695. The average molecular weight is 212 g/mol. The lowest BCUT2D eigenvalue weighted by Gasteiger charge is -2.29. The fourth-order valence-electron chi connectivity index (χ4n) is 1.64. The van der Waals surface area contributed by atoms with E-state index < -0.39 is 0 Å². The summed E-state index contributed by atoms with van der Waals surface area (Å²) in [6.07, 6.45) is 0. The Morgan fingerprint density at radius 3 is 2.86 bits per heavy atom. The van der Waals surface area contributed by atoms with Gasteiger partial charge in [-0.25, -0.2) is 0 Å². The molecule has 2 nitrogen and oxygen atoms in total. The monoisotopic (exact) mass is 211 g/mol. The molecule has 1 aromatic carbocycles. The molecule has 0 spiro atoms. The van der Waals surface area contributed by atoms with Crippen molar-refractivity contribution in [2.45, 2.75) is 12.1 Å². The van der Waals surface area contributed by atoms with Crippen molar-refractivity contribution in [3.63, 3.8) is 0 Å². The summed E-state index contributed by atoms with van der Waals surface area (Å²) < 4.78 is 5.27. The molecule has 0 saturated carbocycles. The van der Waals surface area contributed by atoms with E-state index in [0.29, 0.717) is 0 Å². The minimum atomic E-state index is -0.146. The van der Waals surface area contributed by atoms with Crippen LogP contribution in [0.1, 0.15) is 5.56 Å². The van der Waals surface area contributed by atoms with E-state index in [9.17, 15) is 0 Å².